The second kappa shape index (κ2) is 9.63. The lowest BCUT2D eigenvalue weighted by atomic mass is 9.88. The van der Waals surface area contributed by atoms with Crippen LogP contribution in [0.5, 0.6) is 0 Å². The SMILES string of the molecule is Cc1nc([C@H]2CCCN(C(=O)CN(C)C)C2)nc2c1CCC(=O)N2CC1CCCCC1. The molecule has 0 spiro atoms. The minimum Gasteiger partial charge on any atom is -0.341 e. The fourth-order valence-corrected chi connectivity index (χ4v) is 5.39. The molecule has 0 unspecified atom stereocenters. The van der Waals surface area contributed by atoms with Crippen molar-refractivity contribution < 1.29 is 9.59 Å². The topological polar surface area (TPSA) is 69.6 Å². The second-order valence-electron chi connectivity index (χ2n) is 9.89. The second-order valence-corrected chi connectivity index (χ2v) is 9.89. The van der Waals surface area contributed by atoms with E-state index in [0.717, 1.165) is 55.3 Å². The van der Waals surface area contributed by atoms with E-state index in [0.29, 0.717) is 25.4 Å². The van der Waals surface area contributed by atoms with Crippen LogP contribution in [0.25, 0.3) is 0 Å². The molecule has 2 aliphatic heterocycles. The number of likely N-dealkylation sites (tertiary alicyclic amines) is 1. The number of carbonyl (C=O) groups is 2. The van der Waals surface area contributed by atoms with Crippen LogP contribution in [0.4, 0.5) is 5.82 Å². The van der Waals surface area contributed by atoms with E-state index in [4.69, 9.17) is 9.97 Å². The van der Waals surface area contributed by atoms with Crippen LogP contribution in [0.2, 0.25) is 0 Å². The molecule has 7 heteroatoms. The van der Waals surface area contributed by atoms with Gasteiger partial charge in [0.25, 0.3) is 0 Å². The van der Waals surface area contributed by atoms with Gasteiger partial charge in [-0.05, 0) is 59.0 Å². The molecule has 1 aliphatic carbocycles. The molecule has 1 aromatic heterocycles. The van der Waals surface area contributed by atoms with Crippen molar-refractivity contribution in [3.8, 4) is 0 Å². The zero-order valence-electron chi connectivity index (χ0n) is 19.4. The fourth-order valence-electron chi connectivity index (χ4n) is 5.39. The van der Waals surface area contributed by atoms with E-state index in [1.54, 1.807) is 0 Å². The van der Waals surface area contributed by atoms with Crippen molar-refractivity contribution in [3.63, 3.8) is 0 Å². The molecule has 1 saturated carbocycles. The minimum atomic E-state index is 0.137. The van der Waals surface area contributed by atoms with Gasteiger partial charge in [0, 0.05) is 43.2 Å². The van der Waals surface area contributed by atoms with Gasteiger partial charge in [-0.25, -0.2) is 9.97 Å². The standard InChI is InChI=1S/C24H37N5O2/c1-17-20-11-12-21(30)29(14-18-8-5-4-6-9-18)24(20)26-23(25-17)19-10-7-13-28(15-19)22(31)16-27(2)3/h18-19H,4-16H2,1-3H3/t19-/m0/s1. The number of amides is 2. The third-order valence-electron chi connectivity index (χ3n) is 7.11. The summed E-state index contributed by atoms with van der Waals surface area (Å²) in [6.45, 7) is 4.75. The van der Waals surface area contributed by atoms with Crippen LogP contribution in [-0.2, 0) is 16.0 Å². The Morgan fingerprint density at radius 2 is 1.84 bits per heavy atom. The Morgan fingerprint density at radius 1 is 1.06 bits per heavy atom. The number of aryl methyl sites for hydroxylation is 1. The first-order valence-corrected chi connectivity index (χ1v) is 12.0. The van der Waals surface area contributed by atoms with E-state index in [-0.39, 0.29) is 17.7 Å². The molecule has 0 bridgehead atoms. The molecule has 1 saturated heterocycles. The van der Waals surface area contributed by atoms with E-state index in [2.05, 4.69) is 6.92 Å². The summed E-state index contributed by atoms with van der Waals surface area (Å²) in [6, 6.07) is 0. The summed E-state index contributed by atoms with van der Waals surface area (Å²) in [5.74, 6) is 2.74. The first kappa shape index (κ1) is 22.2. The summed E-state index contributed by atoms with van der Waals surface area (Å²) in [5, 5.41) is 0. The van der Waals surface area contributed by atoms with Gasteiger partial charge in [0.2, 0.25) is 11.8 Å². The average Bonchev–Trinajstić information content (AvgIpc) is 2.76. The Kier molecular flexibility index (Phi) is 6.89. The highest BCUT2D eigenvalue weighted by molar-refractivity contribution is 5.95. The number of hydrogen-bond donors (Lipinski definition) is 0. The molecule has 170 valence electrons. The van der Waals surface area contributed by atoms with Crippen molar-refractivity contribution in [2.75, 3.05) is 45.2 Å². The Bertz CT molecular complexity index is 818. The molecule has 3 heterocycles. The zero-order valence-corrected chi connectivity index (χ0v) is 19.4. The maximum absolute atomic E-state index is 12.9. The molecule has 3 aliphatic rings. The van der Waals surface area contributed by atoms with Gasteiger partial charge in [-0.1, -0.05) is 19.3 Å². The van der Waals surface area contributed by atoms with Gasteiger partial charge in [0.15, 0.2) is 0 Å². The first-order chi connectivity index (χ1) is 14.9. The molecule has 31 heavy (non-hydrogen) atoms. The predicted octanol–water partition coefficient (Wildman–Crippen LogP) is 2.91. The molecule has 7 nitrogen and oxygen atoms in total. The van der Waals surface area contributed by atoms with Crippen molar-refractivity contribution in [1.82, 2.24) is 19.8 Å². The van der Waals surface area contributed by atoms with Crippen LogP contribution in [0.1, 0.15) is 74.4 Å². The van der Waals surface area contributed by atoms with Crippen molar-refractivity contribution in [3.05, 3.63) is 17.1 Å². The average molecular weight is 428 g/mol. The molecule has 1 aromatic rings. The normalized spacial score (nSPS) is 22.7. The molecular weight excluding hydrogens is 390 g/mol. The molecule has 1 atom stereocenters. The Hall–Kier alpha value is -2.02. The number of piperidine rings is 1. The number of rotatable bonds is 5. The fraction of sp³-hybridized carbons (Fsp3) is 0.750. The lowest BCUT2D eigenvalue weighted by molar-refractivity contribution is -0.133. The van der Waals surface area contributed by atoms with E-state index < -0.39 is 0 Å². The highest BCUT2D eigenvalue weighted by atomic mass is 16.2. The minimum absolute atomic E-state index is 0.137. The number of carbonyl (C=O) groups excluding carboxylic acids is 2. The van der Waals surface area contributed by atoms with E-state index in [9.17, 15) is 9.59 Å². The third-order valence-corrected chi connectivity index (χ3v) is 7.11. The lowest BCUT2D eigenvalue weighted by Gasteiger charge is -2.35. The largest absolute Gasteiger partial charge is 0.341 e. The maximum atomic E-state index is 12.9. The Morgan fingerprint density at radius 3 is 2.58 bits per heavy atom. The van der Waals surface area contributed by atoms with Gasteiger partial charge in [0.05, 0.1) is 6.54 Å². The van der Waals surface area contributed by atoms with Crippen LogP contribution in [0.3, 0.4) is 0 Å². The molecular formula is C24H37N5O2. The van der Waals surface area contributed by atoms with E-state index in [1.807, 2.05) is 28.8 Å². The zero-order chi connectivity index (χ0) is 22.0. The van der Waals surface area contributed by atoms with Crippen LogP contribution in [-0.4, -0.2) is 71.9 Å². The van der Waals surface area contributed by atoms with E-state index >= 15 is 0 Å². The Balaban J connectivity index is 1.56. The first-order valence-electron chi connectivity index (χ1n) is 12.0. The summed E-state index contributed by atoms with van der Waals surface area (Å²) >= 11 is 0. The number of aromatic nitrogens is 2. The smallest absolute Gasteiger partial charge is 0.236 e. The van der Waals surface area contributed by atoms with Crippen LogP contribution >= 0.6 is 0 Å². The molecule has 2 amide bonds. The van der Waals surface area contributed by atoms with Crippen molar-refractivity contribution in [2.45, 2.75) is 70.6 Å². The van der Waals surface area contributed by atoms with Gasteiger partial charge < -0.3 is 9.80 Å². The maximum Gasteiger partial charge on any atom is 0.236 e. The van der Waals surface area contributed by atoms with Gasteiger partial charge in [-0.3, -0.25) is 14.5 Å². The van der Waals surface area contributed by atoms with Crippen molar-refractivity contribution in [2.24, 2.45) is 5.92 Å². The predicted molar refractivity (Wildman–Crippen MR) is 121 cm³/mol. The monoisotopic (exact) mass is 427 g/mol. The number of nitrogens with zero attached hydrogens (tertiary/aromatic N) is 5. The molecule has 0 N–H and O–H groups in total. The van der Waals surface area contributed by atoms with E-state index in [1.165, 1.54) is 32.1 Å². The summed E-state index contributed by atoms with van der Waals surface area (Å²) < 4.78 is 0. The lowest BCUT2D eigenvalue weighted by Crippen LogP contribution is -2.44. The van der Waals surface area contributed by atoms with Crippen LogP contribution in [0.15, 0.2) is 0 Å². The molecule has 0 aromatic carbocycles. The van der Waals surface area contributed by atoms with Crippen LogP contribution < -0.4 is 4.90 Å². The molecule has 4 rings (SSSR count). The molecule has 0 radical (unpaired) electrons. The van der Waals surface area contributed by atoms with Crippen LogP contribution in [0, 0.1) is 12.8 Å². The third kappa shape index (κ3) is 5.08. The molecule has 2 fully saturated rings. The Labute approximate surface area is 186 Å². The summed E-state index contributed by atoms with van der Waals surface area (Å²) in [6.07, 6.45) is 9.52. The van der Waals surface area contributed by atoms with Gasteiger partial charge in [-0.2, -0.15) is 0 Å². The summed E-state index contributed by atoms with van der Waals surface area (Å²) in [4.78, 5) is 41.2. The highest BCUT2D eigenvalue weighted by Crippen LogP contribution is 2.34. The highest BCUT2D eigenvalue weighted by Gasteiger charge is 2.33. The van der Waals surface area contributed by atoms with Gasteiger partial charge >= 0.3 is 0 Å². The number of anilines is 1. The van der Waals surface area contributed by atoms with Gasteiger partial charge in [-0.15, -0.1) is 0 Å². The number of likely N-dealkylation sites (N-methyl/N-ethyl adjacent to an activating group) is 1. The number of fused-ring (bicyclic) bond motifs is 1. The van der Waals surface area contributed by atoms with Crippen molar-refractivity contribution >= 4 is 17.6 Å². The van der Waals surface area contributed by atoms with Gasteiger partial charge in [0.1, 0.15) is 11.6 Å². The summed E-state index contributed by atoms with van der Waals surface area (Å²) in [7, 11) is 3.85. The quantitative estimate of drug-likeness (QED) is 0.723. The van der Waals surface area contributed by atoms with Crippen molar-refractivity contribution in [1.29, 1.82) is 0 Å². The number of hydrogen-bond acceptors (Lipinski definition) is 5. The summed E-state index contributed by atoms with van der Waals surface area (Å²) in [5.41, 5.74) is 2.13.